The number of rotatable bonds is 3. The van der Waals surface area contributed by atoms with Gasteiger partial charge in [0.25, 0.3) is 0 Å². The number of carboxylic acids is 1. The zero-order valence-electron chi connectivity index (χ0n) is 13.0. The fraction of sp³-hybridized carbons (Fsp3) is 0.316. The minimum Gasteiger partial charge on any atom is -0.481 e. The smallest absolute Gasteiger partial charge is 0.313 e. The lowest BCUT2D eigenvalue weighted by Crippen LogP contribution is -2.28. The Kier molecular flexibility index (Phi) is 3.65. The third kappa shape index (κ3) is 2.59. The second-order valence-electron chi connectivity index (χ2n) is 6.41. The van der Waals surface area contributed by atoms with E-state index in [2.05, 4.69) is 23.5 Å². The number of carbonyl (C=O) groups is 1. The molecule has 2 N–H and O–H groups in total. The summed E-state index contributed by atoms with van der Waals surface area (Å²) in [7, 11) is 0. The van der Waals surface area contributed by atoms with Crippen molar-refractivity contribution in [1.82, 2.24) is 0 Å². The van der Waals surface area contributed by atoms with Gasteiger partial charge >= 0.3 is 5.97 Å². The highest BCUT2D eigenvalue weighted by Crippen LogP contribution is 2.30. The third-order valence-corrected chi connectivity index (χ3v) is 4.52. The first-order valence-electron chi connectivity index (χ1n) is 7.69. The number of nitrogens with one attached hydrogen (secondary N) is 1. The van der Waals surface area contributed by atoms with Crippen molar-refractivity contribution in [3.8, 4) is 11.1 Å². The largest absolute Gasteiger partial charge is 0.481 e. The van der Waals surface area contributed by atoms with Gasteiger partial charge in [0.15, 0.2) is 0 Å². The van der Waals surface area contributed by atoms with Crippen LogP contribution in [0, 0.1) is 0 Å². The Labute approximate surface area is 131 Å². The lowest BCUT2D eigenvalue weighted by atomic mass is 9.84. The molecular formula is C19H21NO2. The van der Waals surface area contributed by atoms with E-state index in [1.807, 2.05) is 24.3 Å². The molecule has 0 amide bonds. The van der Waals surface area contributed by atoms with Crippen LogP contribution in [0.2, 0.25) is 0 Å². The molecule has 0 radical (unpaired) electrons. The van der Waals surface area contributed by atoms with Gasteiger partial charge in [0, 0.05) is 12.2 Å². The zero-order chi connectivity index (χ0) is 15.7. The normalized spacial score (nSPS) is 14.1. The summed E-state index contributed by atoms with van der Waals surface area (Å²) in [6.45, 7) is 4.51. The van der Waals surface area contributed by atoms with Crippen molar-refractivity contribution in [1.29, 1.82) is 0 Å². The van der Waals surface area contributed by atoms with Crippen LogP contribution >= 0.6 is 0 Å². The van der Waals surface area contributed by atoms with Crippen LogP contribution in [0.3, 0.4) is 0 Å². The number of carboxylic acid groups (broad SMARTS) is 1. The molecule has 0 saturated heterocycles. The van der Waals surface area contributed by atoms with Crippen LogP contribution in [0.5, 0.6) is 0 Å². The molecule has 3 rings (SSSR count). The van der Waals surface area contributed by atoms with E-state index in [1.54, 1.807) is 13.8 Å². The first-order chi connectivity index (χ1) is 10.5. The summed E-state index contributed by atoms with van der Waals surface area (Å²) in [6, 6.07) is 14.4. The summed E-state index contributed by atoms with van der Waals surface area (Å²) in [5.41, 5.74) is 4.86. The van der Waals surface area contributed by atoms with Crippen molar-refractivity contribution in [2.45, 2.75) is 32.1 Å². The molecule has 0 spiro atoms. The van der Waals surface area contributed by atoms with Crippen LogP contribution in [0.4, 0.5) is 5.69 Å². The maximum absolute atomic E-state index is 11.3. The summed E-state index contributed by atoms with van der Waals surface area (Å²) in [6.07, 6.45) is 2.28. The van der Waals surface area contributed by atoms with Gasteiger partial charge < -0.3 is 10.4 Å². The summed E-state index contributed by atoms with van der Waals surface area (Å²) in [4.78, 5) is 11.3. The van der Waals surface area contributed by atoms with Crippen molar-refractivity contribution in [3.05, 3.63) is 53.6 Å². The fourth-order valence-electron chi connectivity index (χ4n) is 2.86. The molecule has 1 heterocycles. The first kappa shape index (κ1) is 14.6. The van der Waals surface area contributed by atoms with Crippen molar-refractivity contribution in [2.24, 2.45) is 0 Å². The van der Waals surface area contributed by atoms with Gasteiger partial charge in [-0.05, 0) is 61.1 Å². The number of aryl methyl sites for hydroxylation is 1. The Morgan fingerprint density at radius 2 is 1.77 bits per heavy atom. The van der Waals surface area contributed by atoms with Gasteiger partial charge in [-0.2, -0.15) is 0 Å². The maximum atomic E-state index is 11.3. The Morgan fingerprint density at radius 3 is 2.45 bits per heavy atom. The number of benzene rings is 2. The van der Waals surface area contributed by atoms with Crippen molar-refractivity contribution < 1.29 is 9.90 Å². The van der Waals surface area contributed by atoms with Crippen molar-refractivity contribution in [3.63, 3.8) is 0 Å². The molecule has 0 bridgehead atoms. The first-order valence-corrected chi connectivity index (χ1v) is 7.69. The molecule has 1 aliphatic heterocycles. The van der Waals surface area contributed by atoms with E-state index in [1.165, 1.54) is 23.2 Å². The highest BCUT2D eigenvalue weighted by atomic mass is 16.4. The van der Waals surface area contributed by atoms with E-state index in [0.29, 0.717) is 0 Å². The summed E-state index contributed by atoms with van der Waals surface area (Å²) >= 11 is 0. The van der Waals surface area contributed by atoms with E-state index in [9.17, 15) is 9.90 Å². The molecule has 2 aromatic rings. The Hall–Kier alpha value is -2.29. The highest BCUT2D eigenvalue weighted by molar-refractivity contribution is 5.80. The van der Waals surface area contributed by atoms with Crippen molar-refractivity contribution in [2.75, 3.05) is 11.9 Å². The monoisotopic (exact) mass is 295 g/mol. The number of aliphatic carboxylic acids is 1. The fourth-order valence-corrected chi connectivity index (χ4v) is 2.86. The third-order valence-electron chi connectivity index (χ3n) is 4.52. The highest BCUT2D eigenvalue weighted by Gasteiger charge is 2.29. The average Bonchev–Trinajstić information content (AvgIpc) is 2.54. The van der Waals surface area contributed by atoms with Gasteiger partial charge in [0.05, 0.1) is 5.41 Å². The maximum Gasteiger partial charge on any atom is 0.313 e. The molecule has 0 aliphatic carbocycles. The van der Waals surface area contributed by atoms with Crippen LogP contribution < -0.4 is 5.32 Å². The van der Waals surface area contributed by atoms with E-state index >= 15 is 0 Å². The second-order valence-corrected chi connectivity index (χ2v) is 6.41. The predicted octanol–water partition coefficient (Wildman–Crippen LogP) is 4.07. The quantitative estimate of drug-likeness (QED) is 0.897. The van der Waals surface area contributed by atoms with Gasteiger partial charge in [0.2, 0.25) is 0 Å². The van der Waals surface area contributed by atoms with Gasteiger partial charge in [-0.15, -0.1) is 0 Å². The summed E-state index contributed by atoms with van der Waals surface area (Å²) in [5, 5.41) is 12.7. The number of hydrogen-bond acceptors (Lipinski definition) is 2. The zero-order valence-corrected chi connectivity index (χ0v) is 13.0. The number of anilines is 1. The van der Waals surface area contributed by atoms with Crippen LogP contribution in [0.15, 0.2) is 42.5 Å². The van der Waals surface area contributed by atoms with Crippen LogP contribution in [0.1, 0.15) is 31.4 Å². The van der Waals surface area contributed by atoms with Crippen LogP contribution in [-0.4, -0.2) is 17.6 Å². The molecule has 0 atom stereocenters. The average molecular weight is 295 g/mol. The Balaban J connectivity index is 1.92. The molecule has 114 valence electrons. The summed E-state index contributed by atoms with van der Waals surface area (Å²) in [5.74, 6) is -0.805. The molecule has 0 fully saturated rings. The molecule has 3 heteroatoms. The van der Waals surface area contributed by atoms with Gasteiger partial charge in [-0.1, -0.05) is 30.3 Å². The number of fused-ring (bicyclic) bond motifs is 1. The van der Waals surface area contributed by atoms with E-state index < -0.39 is 11.4 Å². The predicted molar refractivity (Wildman–Crippen MR) is 89.4 cm³/mol. The summed E-state index contributed by atoms with van der Waals surface area (Å²) < 4.78 is 0. The van der Waals surface area contributed by atoms with E-state index in [0.717, 1.165) is 24.1 Å². The SMILES string of the molecule is CC(C)(C(=O)O)c1ccc(-c2ccc3c(c2)CCCN3)cc1. The second kappa shape index (κ2) is 5.48. The molecule has 1 aliphatic rings. The Bertz CT molecular complexity index is 702. The number of hydrogen-bond donors (Lipinski definition) is 2. The van der Waals surface area contributed by atoms with E-state index in [-0.39, 0.29) is 0 Å². The van der Waals surface area contributed by atoms with Gasteiger partial charge in [0.1, 0.15) is 0 Å². The molecule has 0 aromatic heterocycles. The molecule has 22 heavy (non-hydrogen) atoms. The lowest BCUT2D eigenvalue weighted by molar-refractivity contribution is -0.142. The van der Waals surface area contributed by atoms with Gasteiger partial charge in [-0.25, -0.2) is 0 Å². The molecular weight excluding hydrogens is 274 g/mol. The minimum absolute atomic E-state index is 0.805. The molecule has 3 nitrogen and oxygen atoms in total. The molecule has 0 unspecified atom stereocenters. The lowest BCUT2D eigenvalue weighted by Gasteiger charge is -2.21. The van der Waals surface area contributed by atoms with Crippen LogP contribution in [0.25, 0.3) is 11.1 Å². The standard InChI is InChI=1S/C19H21NO2/c1-19(2,18(21)22)16-8-5-13(6-9-16)14-7-10-17-15(12-14)4-3-11-20-17/h5-10,12,20H,3-4,11H2,1-2H3,(H,21,22). The molecule has 0 saturated carbocycles. The minimum atomic E-state index is -0.863. The van der Waals surface area contributed by atoms with Crippen LogP contribution in [-0.2, 0) is 16.6 Å². The Morgan fingerprint density at radius 1 is 1.09 bits per heavy atom. The van der Waals surface area contributed by atoms with Crippen molar-refractivity contribution >= 4 is 11.7 Å². The van der Waals surface area contributed by atoms with Gasteiger partial charge in [-0.3, -0.25) is 4.79 Å². The topological polar surface area (TPSA) is 49.3 Å². The van der Waals surface area contributed by atoms with E-state index in [4.69, 9.17) is 0 Å². The molecule has 2 aromatic carbocycles.